The van der Waals surface area contributed by atoms with Crippen LogP contribution in [0.2, 0.25) is 0 Å². The zero-order valence-corrected chi connectivity index (χ0v) is 15.6. The Morgan fingerprint density at radius 1 is 1.19 bits per heavy atom. The van der Waals surface area contributed by atoms with Gasteiger partial charge in [0.05, 0.1) is 18.0 Å². The van der Waals surface area contributed by atoms with Crippen LogP contribution in [0, 0.1) is 0 Å². The minimum atomic E-state index is -3.55. The molecule has 0 fully saturated rings. The molecule has 0 aliphatic heterocycles. The number of alkyl halides is 1. The van der Waals surface area contributed by atoms with E-state index in [2.05, 4.69) is 5.10 Å². The largest absolute Gasteiger partial charge is 0.378 e. The second kappa shape index (κ2) is 5.90. The van der Waals surface area contributed by atoms with E-state index in [9.17, 15) is 17.9 Å². The van der Waals surface area contributed by atoms with E-state index in [1.165, 1.54) is 18.3 Å². The van der Waals surface area contributed by atoms with Gasteiger partial charge >= 0.3 is 0 Å². The van der Waals surface area contributed by atoms with Crippen molar-refractivity contribution in [3.63, 3.8) is 0 Å². The molecule has 0 aliphatic carbocycles. The van der Waals surface area contributed by atoms with Crippen LogP contribution in [0.15, 0.2) is 54.9 Å². The number of halogens is 1. The van der Waals surface area contributed by atoms with E-state index in [-0.39, 0.29) is 0 Å². The first-order valence-corrected chi connectivity index (χ1v) is 10.1. The summed E-state index contributed by atoms with van der Waals surface area (Å²) >= 11 is 0. The molecule has 0 radical (unpaired) electrons. The predicted octanol–water partition coefficient (Wildman–Crippen LogP) is 2.54. The molecule has 27 heavy (non-hydrogen) atoms. The Morgan fingerprint density at radius 3 is 2.63 bits per heavy atom. The number of nitrogens with zero attached hydrogens (tertiary/aromatic N) is 3. The van der Waals surface area contributed by atoms with Crippen molar-refractivity contribution in [3.05, 3.63) is 66.0 Å². The van der Waals surface area contributed by atoms with Crippen molar-refractivity contribution in [2.24, 2.45) is 7.05 Å². The molecule has 0 spiro atoms. The maximum Gasteiger partial charge on any atom is 0.251 e. The van der Waals surface area contributed by atoms with Gasteiger partial charge in [-0.2, -0.15) is 9.19 Å². The molecule has 6 nitrogen and oxygen atoms in total. The first-order valence-electron chi connectivity index (χ1n) is 8.27. The summed E-state index contributed by atoms with van der Waals surface area (Å²) in [6.07, 6.45) is 4.16. The van der Waals surface area contributed by atoms with Crippen LogP contribution in [-0.2, 0) is 22.7 Å². The number of para-hydroxylation sites is 1. The highest BCUT2D eigenvalue weighted by Gasteiger charge is 2.35. The van der Waals surface area contributed by atoms with Crippen LogP contribution >= 0.6 is 0 Å². The topological polar surface area (TPSA) is 77.1 Å². The summed E-state index contributed by atoms with van der Waals surface area (Å²) in [6, 6.07) is 12.1. The maximum absolute atomic E-state index is 14.2. The fourth-order valence-corrected chi connectivity index (χ4v) is 4.25. The van der Waals surface area contributed by atoms with Crippen LogP contribution in [0.5, 0.6) is 0 Å². The third kappa shape index (κ3) is 2.64. The van der Waals surface area contributed by atoms with E-state index in [4.69, 9.17) is 0 Å². The summed E-state index contributed by atoms with van der Waals surface area (Å²) in [5, 5.41) is 16.4. The van der Waals surface area contributed by atoms with Gasteiger partial charge in [0.2, 0.25) is 0 Å². The van der Waals surface area contributed by atoms with Crippen LogP contribution in [0.25, 0.3) is 21.8 Å². The third-order valence-corrected chi connectivity index (χ3v) is 5.78. The number of hydrogen-bond acceptors (Lipinski definition) is 4. The van der Waals surface area contributed by atoms with E-state index >= 15 is 0 Å². The lowest BCUT2D eigenvalue weighted by Crippen LogP contribution is -2.29. The van der Waals surface area contributed by atoms with Gasteiger partial charge in [-0.15, -0.1) is 0 Å². The molecule has 0 aliphatic rings. The van der Waals surface area contributed by atoms with Crippen molar-refractivity contribution in [1.29, 1.82) is 0 Å². The van der Waals surface area contributed by atoms with E-state index in [0.29, 0.717) is 22.0 Å². The zero-order chi connectivity index (χ0) is 19.4. The molecule has 8 heteroatoms. The van der Waals surface area contributed by atoms with Gasteiger partial charge in [0.25, 0.3) is 10.0 Å². The molecule has 0 saturated carbocycles. The van der Waals surface area contributed by atoms with Gasteiger partial charge in [0.15, 0.2) is 0 Å². The quantitative estimate of drug-likeness (QED) is 0.584. The molecule has 1 unspecified atom stereocenters. The smallest absolute Gasteiger partial charge is 0.251 e. The number of aliphatic hydroxyl groups is 1. The van der Waals surface area contributed by atoms with E-state index in [1.54, 1.807) is 12.3 Å². The monoisotopic (exact) mass is 387 g/mol. The average Bonchev–Trinajstić information content (AvgIpc) is 3.22. The fraction of sp³-hybridized carbons (Fsp3) is 0.211. The van der Waals surface area contributed by atoms with Crippen LogP contribution in [-0.4, -0.2) is 40.2 Å². The summed E-state index contributed by atoms with van der Waals surface area (Å²) in [5.41, 5.74) is 0.188. The van der Waals surface area contributed by atoms with Crippen LogP contribution in [0.4, 0.5) is 4.39 Å². The molecule has 0 bridgehead atoms. The van der Waals surface area contributed by atoms with E-state index < -0.39 is 22.3 Å². The van der Waals surface area contributed by atoms with Gasteiger partial charge in [0, 0.05) is 35.1 Å². The summed E-state index contributed by atoms with van der Waals surface area (Å²) < 4.78 is 40.5. The Labute approximate surface area is 155 Å². The minimum absolute atomic E-state index is 0.335. The van der Waals surface area contributed by atoms with Crippen LogP contribution in [0.3, 0.4) is 0 Å². The van der Waals surface area contributed by atoms with Crippen molar-refractivity contribution in [2.45, 2.75) is 5.60 Å². The molecule has 4 aromatic rings. The van der Waals surface area contributed by atoms with Gasteiger partial charge in [-0.1, -0.05) is 24.3 Å². The highest BCUT2D eigenvalue weighted by Crippen LogP contribution is 2.37. The number of aromatic nitrogens is 3. The summed E-state index contributed by atoms with van der Waals surface area (Å²) in [5.74, 6) is 0. The van der Waals surface area contributed by atoms with E-state index in [0.717, 1.165) is 21.2 Å². The van der Waals surface area contributed by atoms with Gasteiger partial charge in [-0.05, 0) is 23.8 Å². The molecule has 140 valence electrons. The average molecular weight is 387 g/mol. The van der Waals surface area contributed by atoms with Crippen molar-refractivity contribution >= 4 is 31.8 Å². The Hall–Kier alpha value is -2.71. The molecule has 2 aromatic carbocycles. The van der Waals surface area contributed by atoms with Gasteiger partial charge < -0.3 is 9.67 Å². The highest BCUT2D eigenvalue weighted by molar-refractivity contribution is 7.89. The molecular weight excluding hydrogens is 369 g/mol. The minimum Gasteiger partial charge on any atom is -0.378 e. The van der Waals surface area contributed by atoms with Crippen molar-refractivity contribution in [1.82, 2.24) is 13.8 Å². The summed E-state index contributed by atoms with van der Waals surface area (Å²) in [7, 11) is -1.71. The maximum atomic E-state index is 14.2. The Kier molecular flexibility index (Phi) is 3.87. The van der Waals surface area contributed by atoms with Crippen molar-refractivity contribution in [3.8, 4) is 0 Å². The first kappa shape index (κ1) is 17.7. The number of hydrogen-bond donors (Lipinski definition) is 1. The lowest BCUT2D eigenvalue weighted by molar-refractivity contribution is 0.0532. The van der Waals surface area contributed by atoms with Crippen molar-refractivity contribution < 1.29 is 17.9 Å². The SMILES string of the molecule is Cn1cc(C(O)(CF)c2ccc3c(cnn3S(C)(=O)=O)c2)c2ccccc21. The van der Waals surface area contributed by atoms with Crippen molar-refractivity contribution in [2.75, 3.05) is 12.9 Å². The lowest BCUT2D eigenvalue weighted by Gasteiger charge is -2.25. The lowest BCUT2D eigenvalue weighted by atomic mass is 9.87. The highest BCUT2D eigenvalue weighted by atomic mass is 32.2. The molecule has 4 rings (SSSR count). The molecule has 2 heterocycles. The first-order chi connectivity index (χ1) is 12.8. The number of aryl methyl sites for hydroxylation is 1. The molecule has 2 aromatic heterocycles. The third-order valence-electron chi connectivity index (χ3n) is 4.86. The molecular formula is C19H18FN3O3S. The number of fused-ring (bicyclic) bond motifs is 2. The normalized spacial score (nSPS) is 14.7. The molecule has 0 saturated heterocycles. The van der Waals surface area contributed by atoms with Crippen LogP contribution < -0.4 is 0 Å². The number of rotatable bonds is 4. The van der Waals surface area contributed by atoms with Gasteiger partial charge in [-0.25, -0.2) is 12.8 Å². The zero-order valence-electron chi connectivity index (χ0n) is 14.8. The molecule has 0 amide bonds. The molecule has 1 atom stereocenters. The Bertz CT molecular complexity index is 1280. The Balaban J connectivity index is 1.94. The van der Waals surface area contributed by atoms with E-state index in [1.807, 2.05) is 35.9 Å². The summed E-state index contributed by atoms with van der Waals surface area (Å²) in [6.45, 7) is -1.02. The predicted molar refractivity (Wildman–Crippen MR) is 102 cm³/mol. The second-order valence-electron chi connectivity index (χ2n) is 6.69. The fourth-order valence-electron chi connectivity index (χ4n) is 3.51. The standard InChI is InChI=1S/C19H18FN3O3S/c1-22-11-16(15-5-3-4-6-18(15)22)19(24,12-20)14-7-8-17-13(9-14)10-21-23(17)27(2,25)26/h3-11,24H,12H2,1-2H3. The van der Waals surface area contributed by atoms with Crippen LogP contribution in [0.1, 0.15) is 11.1 Å². The van der Waals surface area contributed by atoms with Gasteiger partial charge in [-0.3, -0.25) is 0 Å². The summed E-state index contributed by atoms with van der Waals surface area (Å²) in [4.78, 5) is 0. The van der Waals surface area contributed by atoms with Gasteiger partial charge in [0.1, 0.15) is 12.3 Å². The molecule has 1 N–H and O–H groups in total. The Morgan fingerprint density at radius 2 is 1.93 bits per heavy atom. The number of benzene rings is 2. The second-order valence-corrected chi connectivity index (χ2v) is 8.50.